The Morgan fingerprint density at radius 3 is 2.48 bits per heavy atom. The van der Waals surface area contributed by atoms with E-state index in [-0.39, 0.29) is 6.09 Å². The van der Waals surface area contributed by atoms with Crippen molar-refractivity contribution < 1.29 is 14.3 Å². The zero-order valence-electron chi connectivity index (χ0n) is 13.7. The van der Waals surface area contributed by atoms with Gasteiger partial charge in [-0.05, 0) is 50.6 Å². The van der Waals surface area contributed by atoms with Crippen molar-refractivity contribution in [3.63, 3.8) is 0 Å². The Morgan fingerprint density at radius 2 is 1.83 bits per heavy atom. The van der Waals surface area contributed by atoms with E-state index in [2.05, 4.69) is 4.90 Å². The van der Waals surface area contributed by atoms with Gasteiger partial charge in [-0.3, -0.25) is 4.90 Å². The summed E-state index contributed by atoms with van der Waals surface area (Å²) in [6.45, 7) is 7.35. The van der Waals surface area contributed by atoms with Crippen LogP contribution in [-0.2, 0) is 4.74 Å². The van der Waals surface area contributed by atoms with Gasteiger partial charge in [0.05, 0.1) is 13.2 Å². The first-order valence-corrected chi connectivity index (χ1v) is 8.59. The quantitative estimate of drug-likeness (QED) is 0.714. The molecule has 0 aliphatic carbocycles. The van der Waals surface area contributed by atoms with Crippen LogP contribution in [0.2, 0.25) is 5.02 Å². The minimum atomic E-state index is -0.191. The van der Waals surface area contributed by atoms with Crippen molar-refractivity contribution in [2.75, 3.05) is 45.9 Å². The summed E-state index contributed by atoms with van der Waals surface area (Å²) in [5.74, 6) is 0.859. The highest BCUT2D eigenvalue weighted by atomic mass is 35.5. The summed E-state index contributed by atoms with van der Waals surface area (Å²) in [6.07, 6.45) is 1.91. The molecule has 0 radical (unpaired) electrons. The van der Waals surface area contributed by atoms with Crippen LogP contribution in [0.5, 0.6) is 5.75 Å². The molecule has 5 nitrogen and oxygen atoms in total. The molecule has 0 unspecified atom stereocenters. The predicted octanol–water partition coefficient (Wildman–Crippen LogP) is 3.27. The van der Waals surface area contributed by atoms with Gasteiger partial charge in [-0.25, -0.2) is 4.79 Å². The fourth-order valence-electron chi connectivity index (χ4n) is 2.53. The fraction of sp³-hybridized carbons (Fsp3) is 0.588. The molecule has 1 saturated heterocycles. The normalized spacial score (nSPS) is 15.5. The van der Waals surface area contributed by atoms with Crippen LogP contribution in [-0.4, -0.2) is 61.8 Å². The Kier molecular flexibility index (Phi) is 7.49. The molecule has 1 amide bonds. The Hall–Kier alpha value is -1.46. The van der Waals surface area contributed by atoms with E-state index >= 15 is 0 Å². The van der Waals surface area contributed by atoms with Crippen molar-refractivity contribution >= 4 is 17.7 Å². The lowest BCUT2D eigenvalue weighted by atomic mass is 10.2. The van der Waals surface area contributed by atoms with E-state index in [1.54, 1.807) is 4.90 Å². The van der Waals surface area contributed by atoms with Gasteiger partial charge in [0.25, 0.3) is 0 Å². The van der Waals surface area contributed by atoms with Gasteiger partial charge in [0.1, 0.15) is 5.75 Å². The number of hydrogen-bond donors (Lipinski definition) is 0. The third-order valence-corrected chi connectivity index (χ3v) is 4.10. The summed E-state index contributed by atoms with van der Waals surface area (Å²) in [5.41, 5.74) is 0. The van der Waals surface area contributed by atoms with Gasteiger partial charge in [-0.15, -0.1) is 0 Å². The molecule has 2 rings (SSSR count). The lowest BCUT2D eigenvalue weighted by Gasteiger charge is -2.33. The van der Waals surface area contributed by atoms with Crippen molar-refractivity contribution in [1.82, 2.24) is 9.80 Å². The number of piperazine rings is 1. The Bertz CT molecular complexity index is 473. The molecule has 0 spiro atoms. The molecule has 1 heterocycles. The molecule has 0 N–H and O–H groups in total. The van der Waals surface area contributed by atoms with Crippen LogP contribution < -0.4 is 4.74 Å². The third kappa shape index (κ3) is 6.28. The minimum absolute atomic E-state index is 0.191. The fourth-order valence-corrected chi connectivity index (χ4v) is 2.65. The molecule has 1 aromatic rings. The SMILES string of the molecule is CCOC(=O)N1CCN(CCCCOc2ccc(Cl)cc2)CC1. The topological polar surface area (TPSA) is 42.0 Å². The number of halogens is 1. The van der Waals surface area contributed by atoms with Gasteiger partial charge in [0, 0.05) is 31.2 Å². The number of carbonyl (C=O) groups excluding carboxylic acids is 1. The number of unbranched alkanes of at least 4 members (excludes halogenated alkanes) is 1. The van der Waals surface area contributed by atoms with Gasteiger partial charge in [0.2, 0.25) is 0 Å². The van der Waals surface area contributed by atoms with Crippen LogP contribution in [0, 0.1) is 0 Å². The van der Waals surface area contributed by atoms with E-state index < -0.39 is 0 Å². The average molecular weight is 341 g/mol. The van der Waals surface area contributed by atoms with Gasteiger partial charge in [-0.1, -0.05) is 11.6 Å². The van der Waals surface area contributed by atoms with Crippen LogP contribution in [0.25, 0.3) is 0 Å². The highest BCUT2D eigenvalue weighted by molar-refractivity contribution is 6.30. The van der Waals surface area contributed by atoms with Crippen molar-refractivity contribution in [2.24, 2.45) is 0 Å². The summed E-state index contributed by atoms with van der Waals surface area (Å²) in [6, 6.07) is 7.44. The molecule has 128 valence electrons. The first-order chi connectivity index (χ1) is 11.2. The number of amides is 1. The highest BCUT2D eigenvalue weighted by Gasteiger charge is 2.21. The van der Waals surface area contributed by atoms with Crippen LogP contribution >= 0.6 is 11.6 Å². The first kappa shape index (κ1) is 17.9. The molecule has 6 heteroatoms. The van der Waals surface area contributed by atoms with Crippen LogP contribution in [0.15, 0.2) is 24.3 Å². The molecular formula is C17H25ClN2O3. The second kappa shape index (κ2) is 9.63. The van der Waals surface area contributed by atoms with E-state index in [1.165, 1.54) is 0 Å². The maximum atomic E-state index is 11.6. The molecule has 1 fully saturated rings. The molecule has 1 aromatic carbocycles. The number of carbonyl (C=O) groups is 1. The van der Waals surface area contributed by atoms with Crippen molar-refractivity contribution in [3.8, 4) is 5.75 Å². The number of hydrogen-bond acceptors (Lipinski definition) is 4. The summed E-state index contributed by atoms with van der Waals surface area (Å²) in [4.78, 5) is 15.8. The molecule has 0 bridgehead atoms. The molecular weight excluding hydrogens is 316 g/mol. The number of benzene rings is 1. The largest absolute Gasteiger partial charge is 0.494 e. The minimum Gasteiger partial charge on any atom is -0.494 e. The summed E-state index contributed by atoms with van der Waals surface area (Å²) < 4.78 is 10.7. The highest BCUT2D eigenvalue weighted by Crippen LogP contribution is 2.15. The van der Waals surface area contributed by atoms with E-state index in [4.69, 9.17) is 21.1 Å². The summed E-state index contributed by atoms with van der Waals surface area (Å²) in [7, 11) is 0. The van der Waals surface area contributed by atoms with Crippen LogP contribution in [0.3, 0.4) is 0 Å². The summed E-state index contributed by atoms with van der Waals surface area (Å²) in [5, 5.41) is 0.722. The molecule has 1 aliphatic heterocycles. The monoisotopic (exact) mass is 340 g/mol. The lowest BCUT2D eigenvalue weighted by molar-refractivity contribution is 0.0789. The number of nitrogens with zero attached hydrogens (tertiary/aromatic N) is 2. The molecule has 23 heavy (non-hydrogen) atoms. The Morgan fingerprint density at radius 1 is 1.13 bits per heavy atom. The van der Waals surface area contributed by atoms with Crippen LogP contribution in [0.4, 0.5) is 4.79 Å². The Labute approximate surface area is 143 Å². The van der Waals surface area contributed by atoms with Crippen molar-refractivity contribution in [1.29, 1.82) is 0 Å². The molecule has 0 saturated carbocycles. The lowest BCUT2D eigenvalue weighted by Crippen LogP contribution is -2.49. The maximum Gasteiger partial charge on any atom is 0.409 e. The maximum absolute atomic E-state index is 11.6. The van der Waals surface area contributed by atoms with Gasteiger partial charge < -0.3 is 14.4 Å². The van der Waals surface area contributed by atoms with Gasteiger partial charge >= 0.3 is 6.09 Å². The van der Waals surface area contributed by atoms with Crippen LogP contribution in [0.1, 0.15) is 19.8 Å². The van der Waals surface area contributed by atoms with Gasteiger partial charge in [0.15, 0.2) is 0 Å². The Balaban J connectivity index is 1.54. The molecule has 1 aliphatic rings. The van der Waals surface area contributed by atoms with E-state index in [9.17, 15) is 4.79 Å². The second-order valence-corrected chi connectivity index (χ2v) is 5.97. The van der Waals surface area contributed by atoms with E-state index in [0.29, 0.717) is 13.2 Å². The second-order valence-electron chi connectivity index (χ2n) is 5.54. The smallest absolute Gasteiger partial charge is 0.409 e. The van der Waals surface area contributed by atoms with E-state index in [0.717, 1.165) is 56.3 Å². The van der Waals surface area contributed by atoms with Gasteiger partial charge in [-0.2, -0.15) is 0 Å². The van der Waals surface area contributed by atoms with Crippen molar-refractivity contribution in [2.45, 2.75) is 19.8 Å². The predicted molar refractivity (Wildman–Crippen MR) is 91.2 cm³/mol. The number of rotatable bonds is 7. The molecule has 0 aromatic heterocycles. The van der Waals surface area contributed by atoms with E-state index in [1.807, 2.05) is 31.2 Å². The zero-order chi connectivity index (χ0) is 16.5. The molecule has 0 atom stereocenters. The van der Waals surface area contributed by atoms with Crippen molar-refractivity contribution in [3.05, 3.63) is 29.3 Å². The summed E-state index contributed by atoms with van der Waals surface area (Å²) >= 11 is 5.84. The third-order valence-electron chi connectivity index (χ3n) is 3.85. The standard InChI is InChI=1S/C17H25ClN2O3/c1-2-22-17(21)20-12-10-19(11-13-20)9-3-4-14-23-16-7-5-15(18)6-8-16/h5-8H,2-4,9-14H2,1H3. The number of ether oxygens (including phenoxy) is 2. The average Bonchev–Trinajstić information content (AvgIpc) is 2.57. The first-order valence-electron chi connectivity index (χ1n) is 8.21. The zero-order valence-corrected chi connectivity index (χ0v) is 14.4.